The fraction of sp³-hybridized carbons (Fsp3) is 0.600. The van der Waals surface area contributed by atoms with Crippen molar-refractivity contribution in [2.45, 2.75) is 44.4 Å². The summed E-state index contributed by atoms with van der Waals surface area (Å²) in [5, 5.41) is 10.1. The number of hydrogen-bond donors (Lipinski definition) is 1. The second-order valence-electron chi connectivity index (χ2n) is 5.69. The van der Waals surface area contributed by atoms with Crippen LogP contribution in [0.25, 0.3) is 0 Å². The van der Waals surface area contributed by atoms with E-state index in [0.29, 0.717) is 18.4 Å². The molecule has 0 aliphatic heterocycles. The molecule has 0 amide bonds. The summed E-state index contributed by atoms with van der Waals surface area (Å²) in [4.78, 5) is 0. The minimum Gasteiger partial charge on any atom is -0.392 e. The molecule has 0 bridgehead atoms. The van der Waals surface area contributed by atoms with Crippen molar-refractivity contribution in [3.05, 3.63) is 35.4 Å². The van der Waals surface area contributed by atoms with Crippen LogP contribution in [0, 0.1) is 23.5 Å². The minimum atomic E-state index is -4.24. The smallest absolute Gasteiger partial charge is 0.391 e. The highest BCUT2D eigenvalue weighted by Crippen LogP contribution is 2.41. The van der Waals surface area contributed by atoms with E-state index in [2.05, 4.69) is 0 Å². The molecule has 3 atom stereocenters. The summed E-state index contributed by atoms with van der Waals surface area (Å²) < 4.78 is 64.1. The molecule has 0 aromatic heterocycles. The van der Waals surface area contributed by atoms with E-state index in [9.17, 15) is 27.1 Å². The van der Waals surface area contributed by atoms with Crippen LogP contribution >= 0.6 is 0 Å². The van der Waals surface area contributed by atoms with E-state index >= 15 is 0 Å². The van der Waals surface area contributed by atoms with Crippen LogP contribution in [0.15, 0.2) is 18.2 Å². The molecule has 21 heavy (non-hydrogen) atoms. The standard InChI is InChI=1S/C15H17F5O/c16-12-5-4-9(6-13(12)17)7-14(21)10-2-1-3-11(8-10)15(18,19)20/h4-6,10-11,14,21H,1-3,7-8H2. The molecule has 6 heteroatoms. The molecule has 0 heterocycles. The van der Waals surface area contributed by atoms with Crippen LogP contribution in [0.4, 0.5) is 22.0 Å². The maximum absolute atomic E-state index is 13.1. The van der Waals surface area contributed by atoms with Crippen molar-refractivity contribution in [3.63, 3.8) is 0 Å². The van der Waals surface area contributed by atoms with Gasteiger partial charge in [0.05, 0.1) is 12.0 Å². The number of rotatable bonds is 3. The van der Waals surface area contributed by atoms with Crippen molar-refractivity contribution in [2.24, 2.45) is 11.8 Å². The molecule has 3 unspecified atom stereocenters. The molecule has 0 saturated heterocycles. The van der Waals surface area contributed by atoms with Gasteiger partial charge >= 0.3 is 6.18 Å². The lowest BCUT2D eigenvalue weighted by Gasteiger charge is -2.33. The Morgan fingerprint density at radius 3 is 2.48 bits per heavy atom. The SMILES string of the molecule is OC(Cc1ccc(F)c(F)c1)C1CCCC(C(F)(F)F)C1. The maximum atomic E-state index is 13.1. The van der Waals surface area contributed by atoms with Crippen LogP contribution in [-0.4, -0.2) is 17.4 Å². The predicted molar refractivity (Wildman–Crippen MR) is 67.6 cm³/mol. The van der Waals surface area contributed by atoms with E-state index in [4.69, 9.17) is 0 Å². The van der Waals surface area contributed by atoms with Gasteiger partial charge in [0, 0.05) is 0 Å². The number of aliphatic hydroxyl groups excluding tert-OH is 1. The molecule has 1 N–H and O–H groups in total. The van der Waals surface area contributed by atoms with Crippen LogP contribution in [0.2, 0.25) is 0 Å². The normalized spacial score (nSPS) is 24.9. The third-order valence-electron chi connectivity index (χ3n) is 4.15. The zero-order valence-electron chi connectivity index (χ0n) is 11.3. The Bertz CT molecular complexity index is 485. The van der Waals surface area contributed by atoms with E-state index in [-0.39, 0.29) is 19.3 Å². The van der Waals surface area contributed by atoms with E-state index in [0.717, 1.165) is 12.1 Å². The van der Waals surface area contributed by atoms with Crippen LogP contribution in [-0.2, 0) is 6.42 Å². The Balaban J connectivity index is 1.99. The fourth-order valence-corrected chi connectivity index (χ4v) is 2.95. The summed E-state index contributed by atoms with van der Waals surface area (Å²) in [6, 6.07) is 3.27. The van der Waals surface area contributed by atoms with Crippen LogP contribution in [0.5, 0.6) is 0 Å². The highest BCUT2D eigenvalue weighted by Gasteiger charge is 2.43. The van der Waals surface area contributed by atoms with Gasteiger partial charge in [0.25, 0.3) is 0 Å². The summed E-state index contributed by atoms with van der Waals surface area (Å²) in [7, 11) is 0. The lowest BCUT2D eigenvalue weighted by molar-refractivity contribution is -0.188. The molecular formula is C15H17F5O. The van der Waals surface area contributed by atoms with Crippen molar-refractivity contribution in [3.8, 4) is 0 Å². The van der Waals surface area contributed by atoms with Crippen molar-refractivity contribution in [1.29, 1.82) is 0 Å². The highest BCUT2D eigenvalue weighted by molar-refractivity contribution is 5.18. The van der Waals surface area contributed by atoms with Crippen molar-refractivity contribution >= 4 is 0 Å². The highest BCUT2D eigenvalue weighted by atomic mass is 19.4. The fourth-order valence-electron chi connectivity index (χ4n) is 2.95. The molecule has 1 saturated carbocycles. The van der Waals surface area contributed by atoms with Gasteiger partial charge < -0.3 is 5.11 Å². The molecule has 1 fully saturated rings. The molecule has 118 valence electrons. The Kier molecular flexibility index (Phi) is 4.86. The molecular weight excluding hydrogens is 291 g/mol. The lowest BCUT2D eigenvalue weighted by Crippen LogP contribution is -2.34. The van der Waals surface area contributed by atoms with Gasteiger partial charge in [-0.1, -0.05) is 12.5 Å². The van der Waals surface area contributed by atoms with Gasteiger partial charge in [-0.05, 0) is 49.3 Å². The van der Waals surface area contributed by atoms with Gasteiger partial charge in [-0.3, -0.25) is 0 Å². The summed E-state index contributed by atoms with van der Waals surface area (Å²) >= 11 is 0. The number of aliphatic hydroxyl groups is 1. The second-order valence-corrected chi connectivity index (χ2v) is 5.69. The summed E-state index contributed by atoms with van der Waals surface area (Å²) in [5.41, 5.74) is 0.385. The lowest BCUT2D eigenvalue weighted by atomic mass is 9.77. The Morgan fingerprint density at radius 2 is 1.86 bits per heavy atom. The van der Waals surface area contributed by atoms with Gasteiger partial charge in [-0.25, -0.2) is 8.78 Å². The first-order valence-electron chi connectivity index (χ1n) is 6.96. The second kappa shape index (κ2) is 6.30. The Labute approximate surface area is 119 Å². The third-order valence-corrected chi connectivity index (χ3v) is 4.15. The number of hydrogen-bond acceptors (Lipinski definition) is 1. The summed E-state index contributed by atoms with van der Waals surface area (Å²) in [6.45, 7) is 0. The minimum absolute atomic E-state index is 0.0342. The molecule has 2 rings (SSSR count). The summed E-state index contributed by atoms with van der Waals surface area (Å²) in [5.74, 6) is -3.84. The Hall–Kier alpha value is -1.17. The number of halogens is 5. The van der Waals surface area contributed by atoms with Crippen LogP contribution < -0.4 is 0 Å². The van der Waals surface area contributed by atoms with Crippen molar-refractivity contribution < 1.29 is 27.1 Å². The quantitative estimate of drug-likeness (QED) is 0.828. The zero-order chi connectivity index (χ0) is 15.6. The monoisotopic (exact) mass is 308 g/mol. The first kappa shape index (κ1) is 16.2. The number of benzene rings is 1. The van der Waals surface area contributed by atoms with Crippen molar-refractivity contribution in [1.82, 2.24) is 0 Å². The van der Waals surface area contributed by atoms with Gasteiger partial charge in [0.2, 0.25) is 0 Å². The Morgan fingerprint density at radius 1 is 1.14 bits per heavy atom. The average molecular weight is 308 g/mol. The van der Waals surface area contributed by atoms with Crippen LogP contribution in [0.1, 0.15) is 31.2 Å². The van der Waals surface area contributed by atoms with E-state index < -0.39 is 35.8 Å². The average Bonchev–Trinajstić information content (AvgIpc) is 2.42. The molecule has 0 spiro atoms. The first-order chi connectivity index (χ1) is 9.77. The third kappa shape index (κ3) is 4.15. The van der Waals surface area contributed by atoms with Gasteiger partial charge in [0.1, 0.15) is 0 Å². The molecule has 0 radical (unpaired) electrons. The topological polar surface area (TPSA) is 20.2 Å². The first-order valence-corrected chi connectivity index (χ1v) is 6.96. The van der Waals surface area contributed by atoms with E-state index in [1.807, 2.05) is 0 Å². The molecule has 1 aliphatic rings. The largest absolute Gasteiger partial charge is 0.392 e. The molecule has 1 aliphatic carbocycles. The summed E-state index contributed by atoms with van der Waals surface area (Å²) in [6.07, 6.45) is -4.24. The maximum Gasteiger partial charge on any atom is 0.391 e. The predicted octanol–water partition coefficient (Wildman–Crippen LogP) is 4.24. The molecule has 1 nitrogen and oxygen atoms in total. The van der Waals surface area contributed by atoms with E-state index in [1.54, 1.807) is 0 Å². The van der Waals surface area contributed by atoms with Gasteiger partial charge in [-0.2, -0.15) is 13.2 Å². The number of alkyl halides is 3. The van der Waals surface area contributed by atoms with Crippen molar-refractivity contribution in [2.75, 3.05) is 0 Å². The zero-order valence-corrected chi connectivity index (χ0v) is 11.3. The molecule has 1 aromatic carbocycles. The van der Waals surface area contributed by atoms with Crippen LogP contribution in [0.3, 0.4) is 0 Å². The van der Waals surface area contributed by atoms with Gasteiger partial charge in [0.15, 0.2) is 11.6 Å². The van der Waals surface area contributed by atoms with Gasteiger partial charge in [-0.15, -0.1) is 0 Å². The molecule has 1 aromatic rings. The van der Waals surface area contributed by atoms with E-state index in [1.165, 1.54) is 6.07 Å².